The Hall–Kier alpha value is -2.10. The van der Waals surface area contributed by atoms with E-state index in [1.165, 1.54) is 0 Å². The summed E-state index contributed by atoms with van der Waals surface area (Å²) >= 11 is 0. The second-order valence-electron chi connectivity index (χ2n) is 4.69. The fourth-order valence-electron chi connectivity index (χ4n) is 2.09. The topological polar surface area (TPSA) is 44.1 Å². The first kappa shape index (κ1) is 13.3. The number of ether oxygens (including phenoxy) is 1. The van der Waals surface area contributed by atoms with E-state index in [1.807, 2.05) is 39.1 Å². The largest absolute Gasteiger partial charge is 0.496 e. The van der Waals surface area contributed by atoms with Gasteiger partial charge in [0, 0.05) is 18.3 Å². The highest BCUT2D eigenvalue weighted by molar-refractivity contribution is 5.97. The summed E-state index contributed by atoms with van der Waals surface area (Å²) in [6, 6.07) is 7.47. The molecule has 0 N–H and O–H groups in total. The molecule has 0 aliphatic rings. The number of ketones is 1. The summed E-state index contributed by atoms with van der Waals surface area (Å²) in [6.07, 6.45) is 0.351. The molecule has 0 amide bonds. The molecule has 0 saturated carbocycles. The second-order valence-corrected chi connectivity index (χ2v) is 4.69. The predicted octanol–water partition coefficient (Wildman–Crippen LogP) is 2.47. The molecule has 1 aromatic heterocycles. The molecule has 0 atom stereocenters. The van der Waals surface area contributed by atoms with Gasteiger partial charge in [-0.15, -0.1) is 0 Å². The van der Waals surface area contributed by atoms with E-state index in [1.54, 1.807) is 17.9 Å². The molecule has 0 fully saturated rings. The molecule has 4 heteroatoms. The molecule has 2 aromatic rings. The van der Waals surface area contributed by atoms with Crippen LogP contribution in [0.1, 0.15) is 27.3 Å². The Morgan fingerprint density at radius 2 is 2.05 bits per heavy atom. The molecular weight excluding hydrogens is 240 g/mol. The monoisotopic (exact) mass is 258 g/mol. The van der Waals surface area contributed by atoms with Crippen molar-refractivity contribution in [1.82, 2.24) is 9.78 Å². The SMILES string of the molecule is COc1cc(C(=O)Cc2cc(C)nn2C)ccc1C. The lowest BCUT2D eigenvalue weighted by Gasteiger charge is -2.07. The maximum absolute atomic E-state index is 12.3. The highest BCUT2D eigenvalue weighted by Crippen LogP contribution is 2.20. The minimum absolute atomic E-state index is 0.0706. The molecule has 2 rings (SSSR count). The molecule has 0 saturated heterocycles. The third kappa shape index (κ3) is 2.84. The van der Waals surface area contributed by atoms with E-state index in [0.29, 0.717) is 12.0 Å². The van der Waals surface area contributed by atoms with Crippen LogP contribution in [0, 0.1) is 13.8 Å². The summed E-state index contributed by atoms with van der Waals surface area (Å²) in [7, 11) is 3.46. The van der Waals surface area contributed by atoms with E-state index in [2.05, 4.69) is 5.10 Å². The van der Waals surface area contributed by atoms with Crippen molar-refractivity contribution >= 4 is 5.78 Å². The van der Waals surface area contributed by atoms with Crippen molar-refractivity contribution in [2.45, 2.75) is 20.3 Å². The van der Waals surface area contributed by atoms with E-state index in [4.69, 9.17) is 4.74 Å². The van der Waals surface area contributed by atoms with Crippen LogP contribution >= 0.6 is 0 Å². The maximum atomic E-state index is 12.3. The summed E-state index contributed by atoms with van der Waals surface area (Å²) < 4.78 is 6.99. The Kier molecular flexibility index (Phi) is 3.69. The van der Waals surface area contributed by atoms with Crippen molar-refractivity contribution in [3.8, 4) is 5.75 Å². The van der Waals surface area contributed by atoms with Crippen molar-refractivity contribution in [2.24, 2.45) is 7.05 Å². The van der Waals surface area contributed by atoms with Gasteiger partial charge in [-0.1, -0.05) is 12.1 Å². The lowest BCUT2D eigenvalue weighted by Crippen LogP contribution is -2.08. The Labute approximate surface area is 113 Å². The van der Waals surface area contributed by atoms with Crippen LogP contribution in [0.15, 0.2) is 24.3 Å². The van der Waals surface area contributed by atoms with Crippen LogP contribution in [-0.4, -0.2) is 22.7 Å². The Morgan fingerprint density at radius 1 is 1.32 bits per heavy atom. The van der Waals surface area contributed by atoms with Crippen LogP contribution in [0.25, 0.3) is 0 Å². The van der Waals surface area contributed by atoms with Crippen LogP contribution in [-0.2, 0) is 13.5 Å². The average molecular weight is 258 g/mol. The van der Waals surface area contributed by atoms with Crippen LogP contribution in [0.5, 0.6) is 5.75 Å². The van der Waals surface area contributed by atoms with Gasteiger partial charge in [-0.25, -0.2) is 0 Å². The zero-order valence-corrected chi connectivity index (χ0v) is 11.7. The predicted molar refractivity (Wildman–Crippen MR) is 73.7 cm³/mol. The van der Waals surface area contributed by atoms with Gasteiger partial charge in [0.1, 0.15) is 5.75 Å². The number of Topliss-reactive ketones (excluding diaryl/α,β-unsaturated/α-hetero) is 1. The van der Waals surface area contributed by atoms with E-state index in [0.717, 1.165) is 22.7 Å². The Bertz CT molecular complexity index is 615. The summed E-state index contributed by atoms with van der Waals surface area (Å²) in [5, 5.41) is 4.25. The number of carbonyl (C=O) groups is 1. The quantitative estimate of drug-likeness (QED) is 0.791. The van der Waals surface area contributed by atoms with Crippen molar-refractivity contribution in [3.63, 3.8) is 0 Å². The van der Waals surface area contributed by atoms with Gasteiger partial charge in [-0.2, -0.15) is 5.10 Å². The average Bonchev–Trinajstić information content (AvgIpc) is 2.68. The Morgan fingerprint density at radius 3 is 2.63 bits per heavy atom. The summed E-state index contributed by atoms with van der Waals surface area (Å²) in [5.41, 5.74) is 3.53. The summed E-state index contributed by atoms with van der Waals surface area (Å²) in [6.45, 7) is 3.88. The highest BCUT2D eigenvalue weighted by atomic mass is 16.5. The number of methoxy groups -OCH3 is 1. The number of benzene rings is 1. The van der Waals surface area contributed by atoms with Gasteiger partial charge in [0.2, 0.25) is 0 Å². The molecule has 0 aliphatic heterocycles. The number of aryl methyl sites for hydroxylation is 3. The maximum Gasteiger partial charge on any atom is 0.168 e. The third-order valence-electron chi connectivity index (χ3n) is 3.17. The lowest BCUT2D eigenvalue weighted by molar-refractivity contribution is 0.0990. The molecule has 0 bridgehead atoms. The van der Waals surface area contributed by atoms with E-state index >= 15 is 0 Å². The van der Waals surface area contributed by atoms with Gasteiger partial charge < -0.3 is 4.74 Å². The number of carbonyl (C=O) groups excluding carboxylic acids is 1. The second kappa shape index (κ2) is 5.26. The van der Waals surface area contributed by atoms with Crippen molar-refractivity contribution in [3.05, 3.63) is 46.8 Å². The minimum atomic E-state index is 0.0706. The molecular formula is C15H18N2O2. The van der Waals surface area contributed by atoms with Gasteiger partial charge >= 0.3 is 0 Å². The van der Waals surface area contributed by atoms with Crippen LogP contribution in [0.2, 0.25) is 0 Å². The molecule has 0 unspecified atom stereocenters. The molecule has 4 nitrogen and oxygen atoms in total. The van der Waals surface area contributed by atoms with Gasteiger partial charge in [0.15, 0.2) is 5.78 Å². The fraction of sp³-hybridized carbons (Fsp3) is 0.333. The van der Waals surface area contributed by atoms with E-state index in [-0.39, 0.29) is 5.78 Å². The number of hydrogen-bond acceptors (Lipinski definition) is 3. The number of rotatable bonds is 4. The normalized spacial score (nSPS) is 10.5. The first-order valence-corrected chi connectivity index (χ1v) is 6.18. The van der Waals surface area contributed by atoms with Crippen molar-refractivity contribution in [1.29, 1.82) is 0 Å². The number of aromatic nitrogens is 2. The molecule has 1 heterocycles. The first-order chi connectivity index (χ1) is 9.01. The highest BCUT2D eigenvalue weighted by Gasteiger charge is 2.12. The van der Waals surface area contributed by atoms with Gasteiger partial charge in [0.05, 0.1) is 19.2 Å². The Balaban J connectivity index is 2.23. The van der Waals surface area contributed by atoms with Crippen molar-refractivity contribution in [2.75, 3.05) is 7.11 Å². The van der Waals surface area contributed by atoms with Crippen LogP contribution in [0.4, 0.5) is 0 Å². The smallest absolute Gasteiger partial charge is 0.168 e. The van der Waals surface area contributed by atoms with Crippen molar-refractivity contribution < 1.29 is 9.53 Å². The minimum Gasteiger partial charge on any atom is -0.496 e. The van der Waals surface area contributed by atoms with Crippen LogP contribution < -0.4 is 4.74 Å². The van der Waals surface area contributed by atoms with Crippen LogP contribution in [0.3, 0.4) is 0 Å². The van der Waals surface area contributed by atoms with E-state index < -0.39 is 0 Å². The molecule has 100 valence electrons. The lowest BCUT2D eigenvalue weighted by atomic mass is 10.0. The van der Waals surface area contributed by atoms with Gasteiger partial charge in [0.25, 0.3) is 0 Å². The van der Waals surface area contributed by atoms with Gasteiger partial charge in [-0.3, -0.25) is 9.48 Å². The number of hydrogen-bond donors (Lipinski definition) is 0. The van der Waals surface area contributed by atoms with E-state index in [9.17, 15) is 4.79 Å². The summed E-state index contributed by atoms with van der Waals surface area (Å²) in [4.78, 5) is 12.3. The zero-order chi connectivity index (χ0) is 14.0. The fourth-order valence-corrected chi connectivity index (χ4v) is 2.09. The molecule has 0 aliphatic carbocycles. The molecule has 0 radical (unpaired) electrons. The summed E-state index contributed by atoms with van der Waals surface area (Å²) in [5.74, 6) is 0.813. The molecule has 19 heavy (non-hydrogen) atoms. The molecule has 1 aromatic carbocycles. The number of nitrogens with zero attached hydrogens (tertiary/aromatic N) is 2. The third-order valence-corrected chi connectivity index (χ3v) is 3.17. The first-order valence-electron chi connectivity index (χ1n) is 6.18. The van der Waals surface area contributed by atoms with Gasteiger partial charge in [-0.05, 0) is 31.5 Å². The standard InChI is InChI=1S/C15H18N2O2/c1-10-5-6-12(8-15(10)19-4)14(18)9-13-7-11(2)16-17(13)3/h5-8H,9H2,1-4H3. The zero-order valence-electron chi connectivity index (χ0n) is 11.7. The molecule has 0 spiro atoms.